The largest absolute Gasteiger partial charge is 0.496 e. The van der Waals surface area contributed by atoms with Crippen molar-refractivity contribution in [3.8, 4) is 17.1 Å². The van der Waals surface area contributed by atoms with Crippen LogP contribution in [0.2, 0.25) is 0 Å². The highest BCUT2D eigenvalue weighted by Gasteiger charge is 2.16. The molecule has 2 aromatic heterocycles. The molecule has 0 aliphatic carbocycles. The normalized spacial score (nSPS) is 11.1. The Morgan fingerprint density at radius 2 is 1.76 bits per heavy atom. The van der Waals surface area contributed by atoms with Crippen molar-refractivity contribution in [3.05, 3.63) is 99.1 Å². The first-order chi connectivity index (χ1) is 16.6. The molecule has 0 saturated carbocycles. The van der Waals surface area contributed by atoms with E-state index in [0.29, 0.717) is 40.1 Å². The minimum absolute atomic E-state index is 0.111. The summed E-state index contributed by atoms with van der Waals surface area (Å²) in [6.45, 7) is 0.330. The fourth-order valence-electron chi connectivity index (χ4n) is 3.56. The highest BCUT2D eigenvalue weighted by Crippen LogP contribution is 2.26. The van der Waals surface area contributed by atoms with Crippen LogP contribution in [0.25, 0.3) is 22.3 Å². The van der Waals surface area contributed by atoms with Crippen molar-refractivity contribution < 1.29 is 9.26 Å². The van der Waals surface area contributed by atoms with Gasteiger partial charge >= 0.3 is 0 Å². The summed E-state index contributed by atoms with van der Waals surface area (Å²) in [5, 5.41) is 5.22. The first-order valence-electron chi connectivity index (χ1n) is 10.4. The van der Waals surface area contributed by atoms with Crippen LogP contribution in [-0.2, 0) is 12.3 Å². The highest BCUT2D eigenvalue weighted by molar-refractivity contribution is 9.10. The Hall–Kier alpha value is -3.43. The molecular formula is C25H19BrN4O3S. The van der Waals surface area contributed by atoms with Crippen LogP contribution in [0.1, 0.15) is 11.5 Å². The van der Waals surface area contributed by atoms with Crippen LogP contribution in [0.15, 0.2) is 91.7 Å². The summed E-state index contributed by atoms with van der Waals surface area (Å²) in [6, 6.07) is 22.7. The molecule has 0 amide bonds. The van der Waals surface area contributed by atoms with Crippen molar-refractivity contribution in [1.82, 2.24) is 19.7 Å². The maximum atomic E-state index is 13.4. The molecule has 0 fully saturated rings. The predicted molar refractivity (Wildman–Crippen MR) is 135 cm³/mol. The predicted octanol–water partition coefficient (Wildman–Crippen LogP) is 5.56. The molecule has 0 saturated heterocycles. The smallest absolute Gasteiger partial charge is 0.262 e. The maximum Gasteiger partial charge on any atom is 0.262 e. The number of para-hydroxylation sites is 2. The van der Waals surface area contributed by atoms with Gasteiger partial charge in [-0.1, -0.05) is 63.2 Å². The molecule has 34 heavy (non-hydrogen) atoms. The van der Waals surface area contributed by atoms with Crippen LogP contribution in [0.4, 0.5) is 0 Å². The molecule has 2 heterocycles. The Labute approximate surface area is 207 Å². The van der Waals surface area contributed by atoms with Gasteiger partial charge in [0.1, 0.15) is 5.75 Å². The van der Waals surface area contributed by atoms with Crippen molar-refractivity contribution in [2.24, 2.45) is 0 Å². The SMILES string of the molecule is COc1ccccc1Cn1c(SCc2nc(-c3ccc(Br)cc3)no2)nc2ccccc2c1=O. The number of hydrogen-bond donors (Lipinski definition) is 0. The summed E-state index contributed by atoms with van der Waals surface area (Å²) < 4.78 is 13.6. The Morgan fingerprint density at radius 3 is 2.59 bits per heavy atom. The topological polar surface area (TPSA) is 83.0 Å². The van der Waals surface area contributed by atoms with E-state index < -0.39 is 0 Å². The molecule has 0 radical (unpaired) electrons. The molecule has 5 aromatic rings. The van der Waals surface area contributed by atoms with Crippen molar-refractivity contribution >= 4 is 38.6 Å². The lowest BCUT2D eigenvalue weighted by Crippen LogP contribution is -2.24. The van der Waals surface area contributed by atoms with Gasteiger partial charge in [0.25, 0.3) is 5.56 Å². The number of hydrogen-bond acceptors (Lipinski definition) is 7. The first-order valence-corrected chi connectivity index (χ1v) is 12.2. The summed E-state index contributed by atoms with van der Waals surface area (Å²) in [4.78, 5) is 22.7. The molecule has 3 aromatic carbocycles. The fourth-order valence-corrected chi connectivity index (χ4v) is 4.66. The number of ether oxygens (including phenoxy) is 1. The second kappa shape index (κ2) is 9.82. The molecule has 7 nitrogen and oxygen atoms in total. The molecular weight excluding hydrogens is 516 g/mol. The zero-order valence-corrected chi connectivity index (χ0v) is 20.5. The number of fused-ring (bicyclic) bond motifs is 1. The Bertz CT molecular complexity index is 1520. The number of benzene rings is 3. The molecule has 0 spiro atoms. The second-order valence-corrected chi connectivity index (χ2v) is 9.28. The average molecular weight is 535 g/mol. The summed E-state index contributed by atoms with van der Waals surface area (Å²) >= 11 is 4.81. The standard InChI is InChI=1S/C25H19BrN4O3S/c1-32-21-9-5-2-6-17(21)14-30-24(31)19-7-3-4-8-20(19)27-25(30)34-15-22-28-23(29-33-22)16-10-12-18(26)13-11-16/h2-13H,14-15H2,1H3. The minimum atomic E-state index is -0.111. The number of aromatic nitrogens is 4. The van der Waals surface area contributed by atoms with Gasteiger partial charge in [0.2, 0.25) is 11.7 Å². The molecule has 170 valence electrons. The van der Waals surface area contributed by atoms with Crippen molar-refractivity contribution in [3.63, 3.8) is 0 Å². The van der Waals surface area contributed by atoms with Gasteiger partial charge in [-0.05, 0) is 42.5 Å². The van der Waals surface area contributed by atoms with Gasteiger partial charge in [0, 0.05) is 15.6 Å². The van der Waals surface area contributed by atoms with Crippen LogP contribution in [0, 0.1) is 0 Å². The van der Waals surface area contributed by atoms with Crippen LogP contribution >= 0.6 is 27.7 Å². The number of nitrogens with zero attached hydrogens (tertiary/aromatic N) is 4. The van der Waals surface area contributed by atoms with Gasteiger partial charge in [-0.2, -0.15) is 4.98 Å². The van der Waals surface area contributed by atoms with Crippen LogP contribution in [-0.4, -0.2) is 26.8 Å². The fraction of sp³-hybridized carbons (Fsp3) is 0.120. The van der Waals surface area contributed by atoms with E-state index >= 15 is 0 Å². The monoisotopic (exact) mass is 534 g/mol. The molecule has 0 bridgehead atoms. The average Bonchev–Trinajstić information content (AvgIpc) is 3.34. The van der Waals surface area contributed by atoms with E-state index in [0.717, 1.165) is 21.3 Å². The molecule has 0 atom stereocenters. The molecule has 9 heteroatoms. The van der Waals surface area contributed by atoms with E-state index in [1.807, 2.05) is 66.7 Å². The number of methoxy groups -OCH3 is 1. The van der Waals surface area contributed by atoms with Crippen molar-refractivity contribution in [1.29, 1.82) is 0 Å². The quantitative estimate of drug-likeness (QED) is 0.199. The summed E-state index contributed by atoms with van der Waals surface area (Å²) in [5.74, 6) is 2.06. The van der Waals surface area contributed by atoms with Gasteiger partial charge in [-0.15, -0.1) is 0 Å². The minimum Gasteiger partial charge on any atom is -0.496 e. The highest BCUT2D eigenvalue weighted by atomic mass is 79.9. The van der Waals surface area contributed by atoms with Crippen molar-refractivity contribution in [2.75, 3.05) is 7.11 Å². The van der Waals surface area contributed by atoms with E-state index in [1.54, 1.807) is 17.7 Å². The van der Waals surface area contributed by atoms with Gasteiger partial charge in [0.15, 0.2) is 5.16 Å². The number of rotatable bonds is 7. The van der Waals surface area contributed by atoms with E-state index in [2.05, 4.69) is 26.1 Å². The Balaban J connectivity index is 1.47. The van der Waals surface area contributed by atoms with Crippen LogP contribution in [0.3, 0.4) is 0 Å². The van der Waals surface area contributed by atoms with Crippen LogP contribution < -0.4 is 10.3 Å². The lowest BCUT2D eigenvalue weighted by Gasteiger charge is -2.14. The van der Waals surface area contributed by atoms with E-state index in [1.165, 1.54) is 11.8 Å². The zero-order chi connectivity index (χ0) is 23.5. The first kappa shape index (κ1) is 22.4. The van der Waals surface area contributed by atoms with Gasteiger partial charge in [0.05, 0.1) is 30.3 Å². The molecule has 0 aliphatic heterocycles. The van der Waals surface area contributed by atoms with Gasteiger partial charge in [-0.25, -0.2) is 4.98 Å². The van der Waals surface area contributed by atoms with E-state index in [4.69, 9.17) is 14.2 Å². The summed E-state index contributed by atoms with van der Waals surface area (Å²) in [5.41, 5.74) is 2.29. The maximum absolute atomic E-state index is 13.4. The summed E-state index contributed by atoms with van der Waals surface area (Å²) in [6.07, 6.45) is 0. The van der Waals surface area contributed by atoms with Gasteiger partial charge in [-0.3, -0.25) is 9.36 Å². The van der Waals surface area contributed by atoms with Gasteiger partial charge < -0.3 is 9.26 Å². The third-order valence-corrected chi connectivity index (χ3v) is 6.73. The summed E-state index contributed by atoms with van der Waals surface area (Å²) in [7, 11) is 1.62. The Morgan fingerprint density at radius 1 is 1.00 bits per heavy atom. The van der Waals surface area contributed by atoms with Crippen LogP contribution in [0.5, 0.6) is 5.75 Å². The third kappa shape index (κ3) is 4.62. The molecule has 0 unspecified atom stereocenters. The van der Waals surface area contributed by atoms with E-state index in [9.17, 15) is 4.79 Å². The Kier molecular flexibility index (Phi) is 6.46. The lowest BCUT2D eigenvalue weighted by atomic mass is 10.2. The number of halogens is 1. The zero-order valence-electron chi connectivity index (χ0n) is 18.1. The molecule has 5 rings (SSSR count). The number of thioether (sulfide) groups is 1. The van der Waals surface area contributed by atoms with Crippen molar-refractivity contribution in [2.45, 2.75) is 17.5 Å². The molecule has 0 aliphatic rings. The molecule has 0 N–H and O–H groups in total. The lowest BCUT2D eigenvalue weighted by molar-refractivity contribution is 0.391. The van der Waals surface area contributed by atoms with E-state index in [-0.39, 0.29) is 5.56 Å². The third-order valence-electron chi connectivity index (χ3n) is 5.24. The second-order valence-electron chi connectivity index (χ2n) is 7.42.